The molecule has 126 valence electrons. The molecule has 0 aromatic heterocycles. The lowest BCUT2D eigenvalue weighted by atomic mass is 10.1. The number of hydrogen-bond acceptors (Lipinski definition) is 4. The number of nitrogens with zero attached hydrogens (tertiary/aromatic N) is 1. The van der Waals surface area contributed by atoms with Gasteiger partial charge >= 0.3 is 5.97 Å². The van der Waals surface area contributed by atoms with Crippen LogP contribution in [0.5, 0.6) is 0 Å². The maximum atomic E-state index is 13.4. The van der Waals surface area contributed by atoms with Crippen LogP contribution in [0.3, 0.4) is 0 Å². The highest BCUT2D eigenvalue weighted by molar-refractivity contribution is 5.92. The Bertz CT molecular complexity index is 589. The zero-order valence-electron chi connectivity index (χ0n) is 13.5. The molecule has 0 spiro atoms. The van der Waals surface area contributed by atoms with Crippen molar-refractivity contribution in [1.82, 2.24) is 10.2 Å². The van der Waals surface area contributed by atoms with Crippen molar-refractivity contribution in [2.45, 2.75) is 20.3 Å². The quantitative estimate of drug-likeness (QED) is 0.767. The number of aryl methyl sites for hydroxylation is 1. The van der Waals surface area contributed by atoms with Gasteiger partial charge in [0.1, 0.15) is 5.82 Å². The average molecular weight is 324 g/mol. The summed E-state index contributed by atoms with van der Waals surface area (Å²) in [5.74, 6) is -2.11. The molecule has 1 N–H and O–H groups in total. The summed E-state index contributed by atoms with van der Waals surface area (Å²) in [5.41, 5.74) is 0.444. The van der Waals surface area contributed by atoms with Crippen LogP contribution in [-0.4, -0.2) is 49.4 Å². The van der Waals surface area contributed by atoms with Crippen molar-refractivity contribution >= 4 is 17.8 Å². The molecule has 0 aliphatic rings. The third-order valence-electron chi connectivity index (χ3n) is 3.11. The van der Waals surface area contributed by atoms with Gasteiger partial charge < -0.3 is 15.0 Å². The molecule has 23 heavy (non-hydrogen) atoms. The molecule has 7 heteroatoms. The Morgan fingerprint density at radius 1 is 1.30 bits per heavy atom. The Hall–Kier alpha value is -2.44. The summed E-state index contributed by atoms with van der Waals surface area (Å²) in [6.45, 7) is 3.41. The van der Waals surface area contributed by atoms with Crippen LogP contribution in [0, 0.1) is 12.7 Å². The van der Waals surface area contributed by atoms with Gasteiger partial charge in [0.2, 0.25) is 5.91 Å². The van der Waals surface area contributed by atoms with E-state index in [1.54, 1.807) is 6.92 Å². The van der Waals surface area contributed by atoms with E-state index < -0.39 is 24.3 Å². The van der Waals surface area contributed by atoms with E-state index in [-0.39, 0.29) is 18.0 Å². The van der Waals surface area contributed by atoms with Gasteiger partial charge in [-0.25, -0.2) is 9.18 Å². The number of rotatable bonds is 7. The first-order valence-electron chi connectivity index (χ1n) is 7.29. The lowest BCUT2D eigenvalue weighted by Gasteiger charge is -2.16. The summed E-state index contributed by atoms with van der Waals surface area (Å²) >= 11 is 0. The minimum absolute atomic E-state index is 0.0317. The fourth-order valence-corrected chi connectivity index (χ4v) is 1.66. The van der Waals surface area contributed by atoms with Crippen LogP contribution in [0.2, 0.25) is 0 Å². The first-order valence-corrected chi connectivity index (χ1v) is 7.29. The number of halogens is 1. The average Bonchev–Trinajstić information content (AvgIpc) is 2.52. The molecule has 0 unspecified atom stereocenters. The van der Waals surface area contributed by atoms with E-state index >= 15 is 0 Å². The predicted molar refractivity (Wildman–Crippen MR) is 82.4 cm³/mol. The monoisotopic (exact) mass is 324 g/mol. The summed E-state index contributed by atoms with van der Waals surface area (Å²) < 4.78 is 18.2. The predicted octanol–water partition coefficient (Wildman–Crippen LogP) is 1.28. The van der Waals surface area contributed by atoms with Crippen LogP contribution in [-0.2, 0) is 14.3 Å². The van der Waals surface area contributed by atoms with Crippen molar-refractivity contribution in [1.29, 1.82) is 0 Å². The van der Waals surface area contributed by atoms with Crippen molar-refractivity contribution in [2.75, 3.05) is 26.7 Å². The molecule has 2 amide bonds. The molecule has 0 saturated carbocycles. The molecule has 1 aromatic carbocycles. The standard InChI is InChI=1S/C16H21FN2O4/c1-4-7-18-14(20)9-19(3)15(21)10-23-16(22)12-6-5-11(2)13(17)8-12/h5-6,8H,4,7,9-10H2,1-3H3,(H,18,20). The number of carbonyl (C=O) groups is 3. The van der Waals surface area contributed by atoms with Crippen molar-refractivity contribution in [3.8, 4) is 0 Å². The molecule has 0 radical (unpaired) electrons. The smallest absolute Gasteiger partial charge is 0.338 e. The SMILES string of the molecule is CCCNC(=O)CN(C)C(=O)COC(=O)c1ccc(C)c(F)c1. The number of ether oxygens (including phenoxy) is 1. The van der Waals surface area contributed by atoms with Gasteiger partial charge in [0.05, 0.1) is 12.1 Å². The molecule has 0 saturated heterocycles. The molecule has 0 heterocycles. The second kappa shape index (κ2) is 8.87. The third-order valence-corrected chi connectivity index (χ3v) is 3.11. The molecule has 0 bridgehead atoms. The van der Waals surface area contributed by atoms with E-state index in [0.717, 1.165) is 17.4 Å². The minimum atomic E-state index is -0.791. The normalized spacial score (nSPS) is 10.1. The molecule has 1 rings (SSSR count). The summed E-state index contributed by atoms with van der Waals surface area (Å²) in [4.78, 5) is 36.2. The lowest BCUT2D eigenvalue weighted by Crippen LogP contribution is -2.40. The largest absolute Gasteiger partial charge is 0.452 e. The molecule has 0 atom stereocenters. The number of benzene rings is 1. The van der Waals surface area contributed by atoms with Crippen LogP contribution in [0.25, 0.3) is 0 Å². The minimum Gasteiger partial charge on any atom is -0.452 e. The first-order chi connectivity index (χ1) is 10.8. The Kier molecular flexibility index (Phi) is 7.18. The van der Waals surface area contributed by atoms with E-state index in [2.05, 4.69) is 5.32 Å². The molecule has 6 nitrogen and oxygen atoms in total. The van der Waals surface area contributed by atoms with Crippen molar-refractivity contribution < 1.29 is 23.5 Å². The van der Waals surface area contributed by atoms with E-state index in [1.165, 1.54) is 19.2 Å². The molecule has 1 aromatic rings. The summed E-state index contributed by atoms with van der Waals surface area (Å²) in [7, 11) is 1.44. The fourth-order valence-electron chi connectivity index (χ4n) is 1.66. The number of nitrogens with one attached hydrogen (secondary N) is 1. The van der Waals surface area contributed by atoms with Gasteiger partial charge in [-0.1, -0.05) is 13.0 Å². The van der Waals surface area contributed by atoms with E-state index in [0.29, 0.717) is 12.1 Å². The van der Waals surface area contributed by atoms with Gasteiger partial charge in [0.15, 0.2) is 6.61 Å². The zero-order valence-corrected chi connectivity index (χ0v) is 13.5. The highest BCUT2D eigenvalue weighted by atomic mass is 19.1. The molecule has 0 aliphatic carbocycles. The molecule has 0 aliphatic heterocycles. The van der Waals surface area contributed by atoms with Gasteiger partial charge in [-0.3, -0.25) is 9.59 Å². The number of likely N-dealkylation sites (N-methyl/N-ethyl adjacent to an activating group) is 1. The molecular weight excluding hydrogens is 303 g/mol. The fraction of sp³-hybridized carbons (Fsp3) is 0.438. The number of amides is 2. The van der Waals surface area contributed by atoms with Crippen LogP contribution < -0.4 is 5.32 Å². The van der Waals surface area contributed by atoms with Crippen LogP contribution in [0.1, 0.15) is 29.3 Å². The summed E-state index contributed by atoms with van der Waals surface area (Å²) in [5, 5.41) is 2.64. The second-order valence-corrected chi connectivity index (χ2v) is 5.14. The molecular formula is C16H21FN2O4. The van der Waals surface area contributed by atoms with Crippen LogP contribution >= 0.6 is 0 Å². The van der Waals surface area contributed by atoms with Gasteiger partial charge in [0, 0.05) is 13.6 Å². The summed E-state index contributed by atoms with van der Waals surface area (Å²) in [6.07, 6.45) is 0.800. The Morgan fingerprint density at radius 2 is 2.00 bits per heavy atom. The zero-order chi connectivity index (χ0) is 17.4. The Balaban J connectivity index is 2.46. The van der Waals surface area contributed by atoms with Gasteiger partial charge in [-0.05, 0) is 31.0 Å². The number of esters is 1. The second-order valence-electron chi connectivity index (χ2n) is 5.14. The van der Waals surface area contributed by atoms with Crippen molar-refractivity contribution in [3.05, 3.63) is 35.1 Å². The Morgan fingerprint density at radius 3 is 2.61 bits per heavy atom. The van der Waals surface area contributed by atoms with Crippen LogP contribution in [0.4, 0.5) is 4.39 Å². The van der Waals surface area contributed by atoms with Crippen molar-refractivity contribution in [3.63, 3.8) is 0 Å². The van der Waals surface area contributed by atoms with E-state index in [4.69, 9.17) is 4.74 Å². The lowest BCUT2D eigenvalue weighted by molar-refractivity contribution is -0.137. The summed E-state index contributed by atoms with van der Waals surface area (Å²) in [6, 6.07) is 3.94. The Labute approximate surface area is 134 Å². The number of hydrogen-bond donors (Lipinski definition) is 1. The maximum Gasteiger partial charge on any atom is 0.338 e. The highest BCUT2D eigenvalue weighted by Crippen LogP contribution is 2.10. The topological polar surface area (TPSA) is 75.7 Å². The third kappa shape index (κ3) is 6.06. The number of carbonyl (C=O) groups excluding carboxylic acids is 3. The van der Waals surface area contributed by atoms with Gasteiger partial charge in [0.25, 0.3) is 5.91 Å². The highest BCUT2D eigenvalue weighted by Gasteiger charge is 2.16. The van der Waals surface area contributed by atoms with Gasteiger partial charge in [-0.15, -0.1) is 0 Å². The van der Waals surface area contributed by atoms with E-state index in [1.807, 2.05) is 6.92 Å². The van der Waals surface area contributed by atoms with E-state index in [9.17, 15) is 18.8 Å². The van der Waals surface area contributed by atoms with Crippen molar-refractivity contribution in [2.24, 2.45) is 0 Å². The van der Waals surface area contributed by atoms with Crippen LogP contribution in [0.15, 0.2) is 18.2 Å². The molecule has 0 fully saturated rings. The first kappa shape index (κ1) is 18.6. The maximum absolute atomic E-state index is 13.4. The van der Waals surface area contributed by atoms with Gasteiger partial charge in [-0.2, -0.15) is 0 Å².